The summed E-state index contributed by atoms with van der Waals surface area (Å²) in [6, 6.07) is 1.98. The van der Waals surface area contributed by atoms with E-state index in [0.717, 1.165) is 12.1 Å². The largest absolute Gasteiger partial charge is 0.299 e. The predicted octanol–water partition coefficient (Wildman–Crippen LogP) is 2.15. The van der Waals surface area contributed by atoms with Gasteiger partial charge in [-0.2, -0.15) is 8.42 Å². The lowest BCUT2D eigenvalue weighted by atomic mass is 10.3. The summed E-state index contributed by atoms with van der Waals surface area (Å²) >= 11 is 11.0. The molecule has 1 aromatic rings. The second-order valence-corrected chi connectivity index (χ2v) is 4.44. The Morgan fingerprint density at radius 1 is 1.23 bits per heavy atom. The van der Waals surface area contributed by atoms with Gasteiger partial charge in [-0.3, -0.25) is 10.3 Å². The molecule has 4 nitrogen and oxygen atoms in total. The van der Waals surface area contributed by atoms with E-state index in [1.54, 1.807) is 0 Å². The zero-order valence-electron chi connectivity index (χ0n) is 6.08. The van der Waals surface area contributed by atoms with Crippen molar-refractivity contribution in [1.82, 2.24) is 5.73 Å². The van der Waals surface area contributed by atoms with Crippen LogP contribution in [0.2, 0.25) is 10.0 Å². The molecule has 0 heterocycles. The van der Waals surface area contributed by atoms with Gasteiger partial charge in [0.05, 0.1) is 15.7 Å². The quantitative estimate of drug-likeness (QED) is 0.765. The molecule has 0 aromatic heterocycles. The Kier molecular flexibility index (Phi) is 2.72. The molecule has 0 bridgehead atoms. The smallest absolute Gasteiger partial charge is 0.296 e. The highest BCUT2D eigenvalue weighted by Gasteiger charge is 2.16. The number of hydrogen-bond donors (Lipinski definition) is 1. The van der Waals surface area contributed by atoms with E-state index in [0.29, 0.717) is 0 Å². The summed E-state index contributed by atoms with van der Waals surface area (Å²) in [6.07, 6.45) is 0. The number of benzene rings is 1. The maximum Gasteiger partial charge on any atom is 0.296 e. The molecule has 2 N–H and O–H groups in total. The van der Waals surface area contributed by atoms with E-state index in [2.05, 4.69) is 0 Å². The maximum atomic E-state index is 10.7. The molecule has 0 aliphatic rings. The third kappa shape index (κ3) is 2.25. The first kappa shape index (κ1) is 10.6. The van der Waals surface area contributed by atoms with Gasteiger partial charge in [0.2, 0.25) is 0 Å². The van der Waals surface area contributed by atoms with Gasteiger partial charge in [0, 0.05) is 0 Å². The van der Waals surface area contributed by atoms with Crippen molar-refractivity contribution in [2.24, 2.45) is 0 Å². The lowest BCUT2D eigenvalue weighted by Gasteiger charge is -2.02. The summed E-state index contributed by atoms with van der Waals surface area (Å²) < 4.78 is 29.9. The van der Waals surface area contributed by atoms with Crippen molar-refractivity contribution in [3.8, 4) is 0 Å². The zero-order valence-corrected chi connectivity index (χ0v) is 8.41. The van der Waals surface area contributed by atoms with Crippen molar-refractivity contribution >= 4 is 39.0 Å². The summed E-state index contributed by atoms with van der Waals surface area (Å²) in [4.78, 5) is -0.554. The normalized spacial score (nSPS) is 11.6. The van der Waals surface area contributed by atoms with Gasteiger partial charge >= 0.3 is 0 Å². The average Bonchev–Trinajstić information content (AvgIpc) is 1.94. The molecule has 13 heavy (non-hydrogen) atoms. The van der Waals surface area contributed by atoms with Crippen molar-refractivity contribution in [3.63, 3.8) is 0 Å². The Morgan fingerprint density at radius 3 is 2.15 bits per heavy atom. The van der Waals surface area contributed by atoms with Crippen LogP contribution in [0.3, 0.4) is 0 Å². The molecule has 0 unspecified atom stereocenters. The van der Waals surface area contributed by atoms with E-state index in [9.17, 15) is 8.42 Å². The lowest BCUT2D eigenvalue weighted by Crippen LogP contribution is -1.99. The van der Waals surface area contributed by atoms with Crippen LogP contribution in [0.4, 0.5) is 5.69 Å². The number of rotatable bonds is 1. The van der Waals surface area contributed by atoms with Gasteiger partial charge < -0.3 is 0 Å². The third-order valence-electron chi connectivity index (χ3n) is 1.30. The maximum absolute atomic E-state index is 10.7. The molecular weight excluding hydrogens is 237 g/mol. The summed E-state index contributed by atoms with van der Waals surface area (Å²) in [5.41, 5.74) is 6.79. The molecule has 0 fully saturated rings. The highest BCUT2D eigenvalue weighted by Crippen LogP contribution is 2.30. The highest BCUT2D eigenvalue weighted by atomic mass is 35.5. The Morgan fingerprint density at radius 2 is 1.69 bits per heavy atom. The van der Waals surface area contributed by atoms with Gasteiger partial charge in [-0.1, -0.05) is 23.2 Å². The van der Waals surface area contributed by atoms with Gasteiger partial charge in [0.25, 0.3) is 10.1 Å². The molecule has 0 amide bonds. The molecule has 1 rings (SSSR count). The van der Waals surface area contributed by atoms with Crippen LogP contribution >= 0.6 is 23.2 Å². The summed E-state index contributed by atoms with van der Waals surface area (Å²) in [5, 5.41) is 0.0457. The second-order valence-electron chi connectivity index (χ2n) is 2.24. The minimum absolute atomic E-state index is 0.0229. The minimum atomic E-state index is -4.40. The first-order valence-electron chi connectivity index (χ1n) is 3.00. The lowest BCUT2D eigenvalue weighted by molar-refractivity contribution is 0.483. The van der Waals surface area contributed by atoms with Crippen molar-refractivity contribution in [2.45, 2.75) is 4.90 Å². The number of hydrogen-bond acceptors (Lipinski definition) is 2. The minimum Gasteiger partial charge on any atom is -0.299 e. The Bertz CT molecular complexity index is 443. The summed E-state index contributed by atoms with van der Waals surface area (Å²) in [5.74, 6) is 0. The van der Waals surface area contributed by atoms with Crippen LogP contribution in [0.5, 0.6) is 0 Å². The summed E-state index contributed by atoms with van der Waals surface area (Å²) in [6.45, 7) is 0. The molecule has 7 heteroatoms. The standard InChI is InChI=1S/C6H4Cl2NO3S/c7-3-1-5(9)6(2-4(3)8)13(10,11)12/h1-2,9H,(H,10,11,12). The fourth-order valence-corrected chi connectivity index (χ4v) is 1.74. The van der Waals surface area contributed by atoms with Crippen LogP contribution in [0, 0.1) is 0 Å². The van der Waals surface area contributed by atoms with Gasteiger partial charge in [0.1, 0.15) is 4.90 Å². The second kappa shape index (κ2) is 3.34. The van der Waals surface area contributed by atoms with Crippen LogP contribution in [0.1, 0.15) is 0 Å². The van der Waals surface area contributed by atoms with E-state index in [1.807, 2.05) is 0 Å². The monoisotopic (exact) mass is 240 g/mol. The Labute approximate surface area is 85.0 Å². The molecule has 0 atom stereocenters. The number of nitrogens with one attached hydrogen (secondary N) is 1. The molecule has 0 saturated carbocycles. The van der Waals surface area contributed by atoms with Gasteiger partial charge in [-0.05, 0) is 12.1 Å². The van der Waals surface area contributed by atoms with Gasteiger partial charge in [-0.15, -0.1) is 0 Å². The molecule has 71 valence electrons. The van der Waals surface area contributed by atoms with Crippen LogP contribution in [0.25, 0.3) is 0 Å². The van der Waals surface area contributed by atoms with E-state index in [4.69, 9.17) is 33.5 Å². The topological polar surface area (TPSA) is 78.2 Å². The van der Waals surface area contributed by atoms with Crippen molar-refractivity contribution < 1.29 is 13.0 Å². The molecule has 0 spiro atoms. The van der Waals surface area contributed by atoms with Crippen LogP contribution in [0.15, 0.2) is 17.0 Å². The zero-order chi connectivity index (χ0) is 10.2. The van der Waals surface area contributed by atoms with Crippen molar-refractivity contribution in [3.05, 3.63) is 22.2 Å². The SMILES string of the molecule is [NH]c1cc(Cl)c(Cl)cc1S(=O)(=O)O. The molecule has 0 aliphatic carbocycles. The molecule has 1 aromatic carbocycles. The molecule has 1 radical (unpaired) electrons. The average molecular weight is 241 g/mol. The van der Waals surface area contributed by atoms with E-state index < -0.39 is 20.7 Å². The van der Waals surface area contributed by atoms with Crippen molar-refractivity contribution in [2.75, 3.05) is 0 Å². The molecular formula is C6H4Cl2NO3S. The van der Waals surface area contributed by atoms with E-state index in [1.165, 1.54) is 0 Å². The molecule has 0 saturated heterocycles. The third-order valence-corrected chi connectivity index (χ3v) is 2.92. The first-order valence-corrected chi connectivity index (χ1v) is 5.20. The van der Waals surface area contributed by atoms with Crippen LogP contribution < -0.4 is 5.73 Å². The van der Waals surface area contributed by atoms with Crippen LogP contribution in [-0.2, 0) is 10.1 Å². The summed E-state index contributed by atoms with van der Waals surface area (Å²) in [7, 11) is -4.40. The van der Waals surface area contributed by atoms with Crippen LogP contribution in [-0.4, -0.2) is 13.0 Å². The van der Waals surface area contributed by atoms with E-state index >= 15 is 0 Å². The van der Waals surface area contributed by atoms with Gasteiger partial charge in [0.15, 0.2) is 0 Å². The number of halogens is 2. The molecule has 0 aliphatic heterocycles. The fourth-order valence-electron chi connectivity index (χ4n) is 0.742. The highest BCUT2D eigenvalue weighted by molar-refractivity contribution is 7.86. The van der Waals surface area contributed by atoms with E-state index in [-0.39, 0.29) is 10.0 Å². The van der Waals surface area contributed by atoms with Crippen molar-refractivity contribution in [1.29, 1.82) is 0 Å². The fraction of sp³-hybridized carbons (Fsp3) is 0. The first-order chi connectivity index (χ1) is 5.82. The van der Waals surface area contributed by atoms with Gasteiger partial charge in [-0.25, -0.2) is 0 Å². The predicted molar refractivity (Wildman–Crippen MR) is 49.0 cm³/mol. The Hall–Kier alpha value is -0.490. The Balaban J connectivity index is 3.50.